The maximum absolute atomic E-state index is 12.4. The van der Waals surface area contributed by atoms with Gasteiger partial charge in [0, 0.05) is 29.3 Å². The zero-order valence-electron chi connectivity index (χ0n) is 24.6. The van der Waals surface area contributed by atoms with Crippen LogP contribution in [0.1, 0.15) is 84.5 Å². The molecule has 0 aromatic heterocycles. The second kappa shape index (κ2) is 11.9. The number of carbonyl (C=O) groups is 4. The fraction of sp³-hybridized carbons (Fsp3) is 0.806. The van der Waals surface area contributed by atoms with Gasteiger partial charge in [0.2, 0.25) is 0 Å². The summed E-state index contributed by atoms with van der Waals surface area (Å²) < 4.78 is 0. The molecule has 0 aromatic carbocycles. The summed E-state index contributed by atoms with van der Waals surface area (Å²) in [6, 6.07) is 0.440. The zero-order valence-corrected chi connectivity index (χ0v) is 25.5. The van der Waals surface area contributed by atoms with E-state index in [-0.39, 0.29) is 53.5 Å². The maximum Gasteiger partial charge on any atom is 0.315 e. The van der Waals surface area contributed by atoms with Crippen LogP contribution in [0.3, 0.4) is 0 Å². The van der Waals surface area contributed by atoms with Gasteiger partial charge in [-0.2, -0.15) is 11.8 Å². The third-order valence-corrected chi connectivity index (χ3v) is 13.2. The highest BCUT2D eigenvalue weighted by atomic mass is 32.2. The van der Waals surface area contributed by atoms with E-state index in [9.17, 15) is 34.5 Å². The molecule has 2 heterocycles. The van der Waals surface area contributed by atoms with E-state index in [1.165, 1.54) is 5.57 Å². The Morgan fingerprint density at radius 3 is 2.57 bits per heavy atom. The van der Waals surface area contributed by atoms with Crippen molar-refractivity contribution in [3.63, 3.8) is 0 Å². The number of hydrogen-bond acceptors (Lipinski definition) is 8. The van der Waals surface area contributed by atoms with Gasteiger partial charge in [0.1, 0.15) is 12.2 Å². The van der Waals surface area contributed by atoms with Gasteiger partial charge in [0.05, 0.1) is 18.2 Å². The molecule has 10 nitrogen and oxygen atoms in total. The first kappa shape index (κ1) is 31.5. The minimum Gasteiger partial charge on any atom is -0.481 e. The summed E-state index contributed by atoms with van der Waals surface area (Å²) in [4.78, 5) is 45.7. The molecule has 10 atom stereocenters. The molecule has 0 spiro atoms. The van der Waals surface area contributed by atoms with Gasteiger partial charge in [-0.15, -0.1) is 0 Å². The molecule has 3 saturated carbocycles. The number of unbranched alkanes of at least 4 members (excludes halogenated alkanes) is 1. The molecule has 0 aromatic rings. The Balaban J connectivity index is 0.000000189. The van der Waals surface area contributed by atoms with E-state index in [1.54, 1.807) is 6.08 Å². The molecule has 6 rings (SSSR count). The molecule has 234 valence electrons. The number of thioether (sulfide) groups is 1. The molecule has 0 unspecified atom stereocenters. The number of carboxylic acid groups (broad SMARTS) is 1. The minimum atomic E-state index is -1.54. The molecule has 0 bridgehead atoms. The van der Waals surface area contributed by atoms with Gasteiger partial charge in [-0.1, -0.05) is 25.8 Å². The molecule has 5 fully saturated rings. The molecule has 6 N–H and O–H groups in total. The van der Waals surface area contributed by atoms with E-state index >= 15 is 0 Å². The van der Waals surface area contributed by atoms with Gasteiger partial charge in [0.25, 0.3) is 0 Å². The first-order chi connectivity index (χ1) is 19.8. The van der Waals surface area contributed by atoms with Crippen LogP contribution in [0.25, 0.3) is 0 Å². The van der Waals surface area contributed by atoms with Crippen molar-refractivity contribution in [2.45, 2.75) is 114 Å². The average molecular weight is 607 g/mol. The van der Waals surface area contributed by atoms with Crippen LogP contribution in [0, 0.1) is 28.6 Å². The topological polar surface area (TPSA) is 173 Å². The van der Waals surface area contributed by atoms with Gasteiger partial charge in [-0.25, -0.2) is 4.79 Å². The van der Waals surface area contributed by atoms with E-state index < -0.39 is 35.5 Å². The quantitative estimate of drug-likeness (QED) is 0.188. The summed E-state index contributed by atoms with van der Waals surface area (Å²) in [5, 5.41) is 46.5. The summed E-state index contributed by atoms with van der Waals surface area (Å²) in [7, 11) is 0. The predicted molar refractivity (Wildman–Crippen MR) is 157 cm³/mol. The molecule has 2 saturated heterocycles. The van der Waals surface area contributed by atoms with Gasteiger partial charge in [-0.05, 0) is 80.6 Å². The fourth-order valence-electron chi connectivity index (χ4n) is 9.55. The highest BCUT2D eigenvalue weighted by Gasteiger charge is 2.68. The monoisotopic (exact) mass is 606 g/mol. The molecule has 2 amide bonds. The molecular weight excluding hydrogens is 560 g/mol. The zero-order chi connectivity index (χ0) is 30.4. The Labute approximate surface area is 251 Å². The third-order valence-electron chi connectivity index (χ3n) is 11.7. The number of nitrogens with one attached hydrogen (secondary N) is 2. The Kier molecular flexibility index (Phi) is 8.89. The van der Waals surface area contributed by atoms with Crippen molar-refractivity contribution in [1.29, 1.82) is 0 Å². The first-order valence-corrected chi connectivity index (χ1v) is 16.6. The number of rotatable bonds is 7. The fourth-order valence-corrected chi connectivity index (χ4v) is 11.1. The van der Waals surface area contributed by atoms with E-state index in [1.807, 2.05) is 18.7 Å². The minimum absolute atomic E-state index is 0.0640. The third kappa shape index (κ3) is 5.32. The van der Waals surface area contributed by atoms with Crippen LogP contribution in [0.15, 0.2) is 11.6 Å². The highest BCUT2D eigenvalue weighted by Crippen LogP contribution is 2.67. The van der Waals surface area contributed by atoms with E-state index in [4.69, 9.17) is 5.11 Å². The first-order valence-electron chi connectivity index (χ1n) is 15.5. The lowest BCUT2D eigenvalue weighted by Crippen LogP contribution is -2.62. The normalized spacial score (nSPS) is 43.5. The molecule has 42 heavy (non-hydrogen) atoms. The van der Waals surface area contributed by atoms with Gasteiger partial charge < -0.3 is 31.1 Å². The van der Waals surface area contributed by atoms with Gasteiger partial charge in [0.15, 0.2) is 11.6 Å². The van der Waals surface area contributed by atoms with Crippen LogP contribution in [0.5, 0.6) is 0 Å². The number of aliphatic hydroxyl groups is 3. The Hall–Kier alpha value is -1.95. The standard InChI is InChI=1S/C21H30O5.C10H16N2O3S/c1-19-7-5-13(23)9-12(19)3-4-14-15-6-8-21(26,17(25)11-22)20(15,2)10-16(24)18(14)19;13-8(14)4-2-1-3-7-9-6(5-16-7)11-10(15)12-9/h9,14-16,18,22,24,26H,3-8,10-11H2,1-2H3;6-7,9H,1-5H2,(H,13,14)(H2,11,12,15)/t14-,15-,16-,18+,19-,20-,21-;6-,7-,9-/m00/s1. The van der Waals surface area contributed by atoms with Crippen molar-refractivity contribution in [3.05, 3.63) is 11.6 Å². The number of ketones is 2. The van der Waals surface area contributed by atoms with Crippen LogP contribution in [-0.2, 0) is 14.4 Å². The van der Waals surface area contributed by atoms with Crippen molar-refractivity contribution in [1.82, 2.24) is 10.6 Å². The maximum atomic E-state index is 12.4. The highest BCUT2D eigenvalue weighted by molar-refractivity contribution is 8.00. The van der Waals surface area contributed by atoms with Crippen molar-refractivity contribution >= 4 is 35.3 Å². The lowest BCUT2D eigenvalue weighted by Gasteiger charge is -2.60. The SMILES string of the molecule is C[C@]12CCC(=O)C=C1CC[C@@H]1[C@@H]2[C@@H](O)C[C@@]2(C)[C@H]1CC[C@]2(O)C(=O)CO.O=C(O)CCCC[C@@H]1SC[C@@H]2NC(=O)N[C@@H]21. The van der Waals surface area contributed by atoms with Crippen LogP contribution < -0.4 is 10.6 Å². The number of fused-ring (bicyclic) bond motifs is 6. The van der Waals surface area contributed by atoms with Gasteiger partial charge >= 0.3 is 12.0 Å². The Morgan fingerprint density at radius 2 is 1.86 bits per heavy atom. The number of urea groups is 1. The summed E-state index contributed by atoms with van der Waals surface area (Å²) in [5.74, 6) is 0.376. The van der Waals surface area contributed by atoms with E-state index in [0.29, 0.717) is 24.5 Å². The number of allylic oxidation sites excluding steroid dienone is 1. The molecule has 2 aliphatic heterocycles. The number of Topliss-reactive ketones (excluding diaryl/α,β-unsaturated/α-hetero) is 1. The number of carboxylic acids is 1. The van der Waals surface area contributed by atoms with Crippen LogP contribution in [-0.4, -0.2) is 85.4 Å². The van der Waals surface area contributed by atoms with Crippen molar-refractivity contribution in [2.24, 2.45) is 28.6 Å². The Morgan fingerprint density at radius 1 is 1.10 bits per heavy atom. The lowest BCUT2D eigenvalue weighted by atomic mass is 9.45. The number of amides is 2. The molecule has 4 aliphatic carbocycles. The summed E-state index contributed by atoms with van der Waals surface area (Å²) in [6.07, 6.45) is 8.62. The second-order valence-electron chi connectivity index (χ2n) is 13.8. The predicted octanol–water partition coefficient (Wildman–Crippen LogP) is 2.58. The number of carbonyl (C=O) groups excluding carboxylic acids is 3. The van der Waals surface area contributed by atoms with Crippen molar-refractivity contribution in [2.75, 3.05) is 12.4 Å². The van der Waals surface area contributed by atoms with Crippen LogP contribution in [0.4, 0.5) is 4.79 Å². The second-order valence-corrected chi connectivity index (χ2v) is 15.1. The van der Waals surface area contributed by atoms with Crippen molar-refractivity contribution < 1.29 is 39.6 Å². The molecule has 0 radical (unpaired) electrons. The average Bonchev–Trinajstić information content (AvgIpc) is 3.57. The number of hydrogen-bond donors (Lipinski definition) is 6. The van der Waals surface area contributed by atoms with Crippen LogP contribution >= 0.6 is 11.8 Å². The summed E-state index contributed by atoms with van der Waals surface area (Å²) in [6.45, 7) is 3.46. The number of aliphatic carboxylic acids is 1. The molecular formula is C31H46N2O8S. The summed E-state index contributed by atoms with van der Waals surface area (Å²) >= 11 is 1.87. The summed E-state index contributed by atoms with van der Waals surface area (Å²) in [5.41, 5.74) is -1.23. The van der Waals surface area contributed by atoms with Crippen molar-refractivity contribution in [3.8, 4) is 0 Å². The Bertz CT molecular complexity index is 1150. The molecule has 6 aliphatic rings. The molecule has 11 heteroatoms. The van der Waals surface area contributed by atoms with E-state index in [2.05, 4.69) is 17.6 Å². The van der Waals surface area contributed by atoms with Gasteiger partial charge in [-0.3, -0.25) is 14.4 Å². The van der Waals surface area contributed by atoms with Crippen LogP contribution in [0.2, 0.25) is 0 Å². The lowest BCUT2D eigenvalue weighted by molar-refractivity contribution is -0.182. The van der Waals surface area contributed by atoms with E-state index in [0.717, 1.165) is 50.7 Å². The number of aliphatic hydroxyl groups excluding tert-OH is 2. The largest absolute Gasteiger partial charge is 0.481 e. The smallest absolute Gasteiger partial charge is 0.315 e.